The molecule has 0 saturated carbocycles. The van der Waals surface area contributed by atoms with Crippen molar-refractivity contribution in [3.63, 3.8) is 0 Å². The van der Waals surface area contributed by atoms with Crippen molar-refractivity contribution in [2.75, 3.05) is 13.2 Å². The standard InChI is InChI=1S/C15H21NO2/c1-4-18-15(17)16(13(2)3)12-8-11-14-9-6-5-7-10-14/h5-11,13H,4,12H2,1-3H3. The number of rotatable bonds is 5. The number of carbonyl (C=O) groups excluding carboxylic acids is 1. The van der Waals surface area contributed by atoms with Gasteiger partial charge >= 0.3 is 6.09 Å². The largest absolute Gasteiger partial charge is 0.450 e. The molecule has 0 fully saturated rings. The molecular weight excluding hydrogens is 226 g/mol. The highest BCUT2D eigenvalue weighted by molar-refractivity contribution is 5.68. The Labute approximate surface area is 109 Å². The summed E-state index contributed by atoms with van der Waals surface area (Å²) in [6, 6.07) is 10.2. The molecule has 0 heterocycles. The van der Waals surface area contributed by atoms with E-state index in [9.17, 15) is 4.79 Å². The van der Waals surface area contributed by atoms with Gasteiger partial charge in [0, 0.05) is 12.6 Å². The molecule has 0 atom stereocenters. The Hall–Kier alpha value is -1.77. The summed E-state index contributed by atoms with van der Waals surface area (Å²) in [5, 5.41) is 0. The minimum absolute atomic E-state index is 0.129. The highest BCUT2D eigenvalue weighted by atomic mass is 16.6. The summed E-state index contributed by atoms with van der Waals surface area (Å²) in [4.78, 5) is 13.4. The van der Waals surface area contributed by atoms with Crippen molar-refractivity contribution in [1.29, 1.82) is 0 Å². The van der Waals surface area contributed by atoms with E-state index in [-0.39, 0.29) is 12.1 Å². The Bertz CT molecular complexity index is 385. The van der Waals surface area contributed by atoms with Gasteiger partial charge in [-0.1, -0.05) is 42.5 Å². The SMILES string of the molecule is CCOC(=O)N(CC=Cc1ccccc1)C(C)C. The van der Waals surface area contributed by atoms with Crippen molar-refractivity contribution in [3.05, 3.63) is 42.0 Å². The molecule has 0 unspecified atom stereocenters. The second-order valence-corrected chi connectivity index (χ2v) is 4.26. The Morgan fingerprint density at radius 3 is 2.56 bits per heavy atom. The van der Waals surface area contributed by atoms with E-state index < -0.39 is 0 Å². The zero-order valence-corrected chi connectivity index (χ0v) is 11.3. The lowest BCUT2D eigenvalue weighted by molar-refractivity contribution is 0.101. The lowest BCUT2D eigenvalue weighted by Gasteiger charge is -2.24. The summed E-state index contributed by atoms with van der Waals surface area (Å²) >= 11 is 0. The van der Waals surface area contributed by atoms with Gasteiger partial charge in [-0.3, -0.25) is 0 Å². The molecule has 0 bridgehead atoms. The van der Waals surface area contributed by atoms with E-state index in [1.165, 1.54) is 0 Å². The zero-order chi connectivity index (χ0) is 13.4. The zero-order valence-electron chi connectivity index (χ0n) is 11.3. The van der Waals surface area contributed by atoms with Crippen LogP contribution < -0.4 is 0 Å². The summed E-state index contributed by atoms with van der Waals surface area (Å²) in [6.45, 7) is 6.74. The predicted molar refractivity (Wildman–Crippen MR) is 74.3 cm³/mol. The van der Waals surface area contributed by atoms with E-state index in [0.717, 1.165) is 5.56 Å². The maximum absolute atomic E-state index is 11.7. The van der Waals surface area contributed by atoms with Gasteiger partial charge in [-0.05, 0) is 26.3 Å². The van der Waals surface area contributed by atoms with Crippen molar-refractivity contribution >= 4 is 12.2 Å². The van der Waals surface area contributed by atoms with Crippen LogP contribution in [0.1, 0.15) is 26.3 Å². The monoisotopic (exact) mass is 247 g/mol. The van der Waals surface area contributed by atoms with Crippen LogP contribution in [0.5, 0.6) is 0 Å². The van der Waals surface area contributed by atoms with Gasteiger partial charge in [0.15, 0.2) is 0 Å². The minimum Gasteiger partial charge on any atom is -0.450 e. The molecule has 18 heavy (non-hydrogen) atoms. The maximum Gasteiger partial charge on any atom is 0.410 e. The minimum atomic E-state index is -0.259. The molecule has 0 saturated heterocycles. The van der Waals surface area contributed by atoms with E-state index in [1.54, 1.807) is 4.90 Å². The summed E-state index contributed by atoms with van der Waals surface area (Å²) in [6.07, 6.45) is 3.73. The molecule has 0 aliphatic rings. The molecule has 0 spiro atoms. The number of hydrogen-bond acceptors (Lipinski definition) is 2. The number of ether oxygens (including phenoxy) is 1. The van der Waals surface area contributed by atoms with Crippen LogP contribution in [0, 0.1) is 0 Å². The van der Waals surface area contributed by atoms with Crippen LogP contribution in [0.4, 0.5) is 4.79 Å². The first-order valence-electron chi connectivity index (χ1n) is 6.30. The van der Waals surface area contributed by atoms with E-state index in [1.807, 2.05) is 63.3 Å². The van der Waals surface area contributed by atoms with Crippen LogP contribution in [0.25, 0.3) is 6.08 Å². The van der Waals surface area contributed by atoms with Crippen LogP contribution in [0.2, 0.25) is 0 Å². The Morgan fingerprint density at radius 1 is 1.33 bits per heavy atom. The first-order valence-corrected chi connectivity index (χ1v) is 6.30. The quantitative estimate of drug-likeness (QED) is 0.796. The van der Waals surface area contributed by atoms with Gasteiger partial charge in [-0.25, -0.2) is 4.79 Å². The van der Waals surface area contributed by atoms with Gasteiger partial charge in [-0.15, -0.1) is 0 Å². The molecular formula is C15H21NO2. The molecule has 1 aromatic carbocycles. The normalized spacial score (nSPS) is 10.9. The number of carbonyl (C=O) groups is 1. The molecule has 0 N–H and O–H groups in total. The third-order valence-corrected chi connectivity index (χ3v) is 2.54. The van der Waals surface area contributed by atoms with E-state index in [4.69, 9.17) is 4.74 Å². The summed E-state index contributed by atoms with van der Waals surface area (Å²) in [7, 11) is 0. The Kier molecular flexibility index (Phi) is 5.98. The predicted octanol–water partition coefficient (Wildman–Crippen LogP) is 3.57. The number of benzene rings is 1. The molecule has 0 radical (unpaired) electrons. The molecule has 3 nitrogen and oxygen atoms in total. The fraction of sp³-hybridized carbons (Fsp3) is 0.400. The molecule has 0 aliphatic carbocycles. The van der Waals surface area contributed by atoms with Crippen molar-refractivity contribution in [1.82, 2.24) is 4.90 Å². The van der Waals surface area contributed by atoms with Crippen LogP contribution in [-0.4, -0.2) is 30.2 Å². The topological polar surface area (TPSA) is 29.5 Å². The summed E-state index contributed by atoms with van der Waals surface area (Å²) in [5.41, 5.74) is 1.13. The molecule has 98 valence electrons. The number of amides is 1. The van der Waals surface area contributed by atoms with E-state index >= 15 is 0 Å². The van der Waals surface area contributed by atoms with Crippen molar-refractivity contribution in [3.8, 4) is 0 Å². The van der Waals surface area contributed by atoms with E-state index in [2.05, 4.69) is 0 Å². The number of hydrogen-bond donors (Lipinski definition) is 0. The average Bonchev–Trinajstić information content (AvgIpc) is 2.35. The van der Waals surface area contributed by atoms with Crippen LogP contribution in [0.3, 0.4) is 0 Å². The highest BCUT2D eigenvalue weighted by Gasteiger charge is 2.15. The third-order valence-electron chi connectivity index (χ3n) is 2.54. The number of nitrogens with zero attached hydrogens (tertiary/aromatic N) is 1. The first kappa shape index (κ1) is 14.3. The second kappa shape index (κ2) is 7.54. The summed E-state index contributed by atoms with van der Waals surface area (Å²) in [5.74, 6) is 0. The Balaban J connectivity index is 2.57. The van der Waals surface area contributed by atoms with Gasteiger partial charge in [0.1, 0.15) is 0 Å². The van der Waals surface area contributed by atoms with Gasteiger partial charge in [0.2, 0.25) is 0 Å². The molecule has 0 aromatic heterocycles. The lowest BCUT2D eigenvalue weighted by Crippen LogP contribution is -2.37. The average molecular weight is 247 g/mol. The van der Waals surface area contributed by atoms with Crippen molar-refractivity contribution in [2.24, 2.45) is 0 Å². The van der Waals surface area contributed by atoms with Crippen molar-refractivity contribution in [2.45, 2.75) is 26.8 Å². The van der Waals surface area contributed by atoms with Gasteiger partial charge in [0.25, 0.3) is 0 Å². The van der Waals surface area contributed by atoms with Crippen LogP contribution in [0.15, 0.2) is 36.4 Å². The molecule has 1 rings (SSSR count). The van der Waals surface area contributed by atoms with E-state index in [0.29, 0.717) is 13.2 Å². The molecule has 3 heteroatoms. The fourth-order valence-corrected chi connectivity index (χ4v) is 1.57. The van der Waals surface area contributed by atoms with Gasteiger partial charge < -0.3 is 9.64 Å². The van der Waals surface area contributed by atoms with Gasteiger partial charge in [0.05, 0.1) is 6.61 Å². The van der Waals surface area contributed by atoms with Gasteiger partial charge in [-0.2, -0.15) is 0 Å². The maximum atomic E-state index is 11.7. The van der Waals surface area contributed by atoms with Crippen LogP contribution in [-0.2, 0) is 4.74 Å². The summed E-state index contributed by atoms with van der Waals surface area (Å²) < 4.78 is 5.02. The molecule has 1 amide bonds. The lowest BCUT2D eigenvalue weighted by atomic mass is 10.2. The fourth-order valence-electron chi connectivity index (χ4n) is 1.57. The molecule has 0 aliphatic heterocycles. The highest BCUT2D eigenvalue weighted by Crippen LogP contribution is 2.05. The van der Waals surface area contributed by atoms with Crippen molar-refractivity contribution < 1.29 is 9.53 Å². The van der Waals surface area contributed by atoms with Crippen LogP contribution >= 0.6 is 0 Å². The Morgan fingerprint density at radius 2 is 2.00 bits per heavy atom. The smallest absolute Gasteiger partial charge is 0.410 e. The molecule has 1 aromatic rings. The second-order valence-electron chi connectivity index (χ2n) is 4.26. The third kappa shape index (κ3) is 4.62. The first-order chi connectivity index (χ1) is 8.65.